The molecule has 1 saturated carbocycles. The van der Waals surface area contributed by atoms with Crippen LogP contribution in [0.15, 0.2) is 27.1 Å². The number of carbonyl (C=O) groups is 1. The van der Waals surface area contributed by atoms with E-state index in [-0.39, 0.29) is 18.5 Å². The molecule has 30 heavy (non-hydrogen) atoms. The molecule has 1 N–H and O–H groups in total. The number of nitrogens with one attached hydrogen (secondary N) is 1. The Morgan fingerprint density at radius 1 is 1.33 bits per heavy atom. The van der Waals surface area contributed by atoms with Gasteiger partial charge < -0.3 is 14.2 Å². The van der Waals surface area contributed by atoms with Crippen LogP contribution in [0.3, 0.4) is 0 Å². The summed E-state index contributed by atoms with van der Waals surface area (Å²) in [5, 5.41) is 6.68. The minimum atomic E-state index is -0.286. The van der Waals surface area contributed by atoms with Crippen LogP contribution in [0.1, 0.15) is 50.8 Å². The number of rotatable bonds is 10. The average Bonchev–Trinajstić information content (AvgIpc) is 3.37. The van der Waals surface area contributed by atoms with Crippen LogP contribution in [0.4, 0.5) is 5.13 Å². The first-order valence-electron chi connectivity index (χ1n) is 10.1. The van der Waals surface area contributed by atoms with Crippen molar-refractivity contribution in [2.45, 2.75) is 52.1 Å². The number of hydrogen-bond donors (Lipinski definition) is 1. The summed E-state index contributed by atoms with van der Waals surface area (Å²) in [5.74, 6) is 1.16. The number of carbonyl (C=O) groups excluding carboxylic acids is 1. The number of hydrogen-bond acceptors (Lipinski definition) is 8. The lowest BCUT2D eigenvalue weighted by Gasteiger charge is -2.18. The predicted molar refractivity (Wildman–Crippen MR) is 122 cm³/mol. The summed E-state index contributed by atoms with van der Waals surface area (Å²) >= 11 is 4.99. The van der Waals surface area contributed by atoms with Crippen molar-refractivity contribution in [2.75, 3.05) is 18.6 Å². The second-order valence-corrected chi connectivity index (χ2v) is 8.50. The Hall–Kier alpha value is -2.13. The molecule has 1 heterocycles. The van der Waals surface area contributed by atoms with Crippen molar-refractivity contribution in [1.29, 1.82) is 0 Å². The quantitative estimate of drug-likeness (QED) is 0.278. The first kappa shape index (κ1) is 22.6. The zero-order valence-corrected chi connectivity index (χ0v) is 19.6. The average molecular weight is 496 g/mol. The molecule has 2 aromatic rings. The Balaban J connectivity index is 1.65. The van der Waals surface area contributed by atoms with Gasteiger partial charge in [0.2, 0.25) is 5.13 Å². The molecule has 7 nitrogen and oxygen atoms in total. The van der Waals surface area contributed by atoms with Crippen LogP contribution in [0, 0.1) is 0 Å². The van der Waals surface area contributed by atoms with Crippen LogP contribution in [0.25, 0.3) is 0 Å². The van der Waals surface area contributed by atoms with E-state index in [4.69, 9.17) is 14.2 Å². The Morgan fingerprint density at radius 2 is 2.13 bits per heavy atom. The van der Waals surface area contributed by atoms with E-state index in [1.165, 1.54) is 24.2 Å². The van der Waals surface area contributed by atoms with Crippen molar-refractivity contribution in [3.63, 3.8) is 0 Å². The van der Waals surface area contributed by atoms with E-state index >= 15 is 0 Å². The summed E-state index contributed by atoms with van der Waals surface area (Å²) in [7, 11) is 0. The van der Waals surface area contributed by atoms with Gasteiger partial charge in [-0.1, -0.05) is 0 Å². The van der Waals surface area contributed by atoms with Gasteiger partial charge in [0.25, 0.3) is 0 Å². The molecule has 0 spiro atoms. The highest BCUT2D eigenvalue weighted by Gasteiger charge is 2.20. The maximum Gasteiger partial charge on any atom is 0.311 e. The molecule has 1 fully saturated rings. The molecule has 0 atom stereocenters. The minimum Gasteiger partial charge on any atom is -0.490 e. The third kappa shape index (κ3) is 6.43. The standard InChI is InChI=1S/C21H26BrN3O4S/c1-3-27-18-10-14(9-17(22)20(18)29-16-7-5-6-8-16)12-23-25-21-24-15(13-30-21)11-19(26)28-4-2/h9-10,12-13,16H,3-8,11H2,1-2H3,(H,24,25). The van der Waals surface area contributed by atoms with Crippen molar-refractivity contribution in [2.24, 2.45) is 5.10 Å². The highest BCUT2D eigenvalue weighted by molar-refractivity contribution is 9.10. The lowest BCUT2D eigenvalue weighted by molar-refractivity contribution is -0.142. The normalized spacial score (nSPS) is 14.2. The summed E-state index contributed by atoms with van der Waals surface area (Å²) in [4.78, 5) is 15.9. The molecule has 0 amide bonds. The molecule has 0 radical (unpaired) electrons. The van der Waals surface area contributed by atoms with E-state index in [9.17, 15) is 4.79 Å². The van der Waals surface area contributed by atoms with Gasteiger partial charge in [-0.05, 0) is 73.2 Å². The van der Waals surface area contributed by atoms with Crippen LogP contribution in [-0.4, -0.2) is 36.5 Å². The number of ether oxygens (including phenoxy) is 3. The maximum atomic E-state index is 11.5. The van der Waals surface area contributed by atoms with Gasteiger partial charge in [0.05, 0.1) is 42.1 Å². The first-order chi connectivity index (χ1) is 14.6. The third-order valence-electron chi connectivity index (χ3n) is 4.47. The summed E-state index contributed by atoms with van der Waals surface area (Å²) in [6, 6.07) is 3.86. The number of benzene rings is 1. The maximum absolute atomic E-state index is 11.5. The lowest BCUT2D eigenvalue weighted by Crippen LogP contribution is -2.12. The van der Waals surface area contributed by atoms with Crippen LogP contribution in [0.5, 0.6) is 11.5 Å². The molecule has 0 bridgehead atoms. The second-order valence-electron chi connectivity index (χ2n) is 6.78. The van der Waals surface area contributed by atoms with Crippen molar-refractivity contribution < 1.29 is 19.0 Å². The van der Waals surface area contributed by atoms with E-state index in [0.29, 0.717) is 29.8 Å². The van der Waals surface area contributed by atoms with E-state index in [0.717, 1.165) is 28.6 Å². The second kappa shape index (κ2) is 11.3. The molecule has 9 heteroatoms. The number of esters is 1. The smallest absolute Gasteiger partial charge is 0.311 e. The van der Waals surface area contributed by atoms with Crippen LogP contribution in [0.2, 0.25) is 0 Å². The zero-order chi connectivity index (χ0) is 21.3. The highest BCUT2D eigenvalue weighted by atomic mass is 79.9. The van der Waals surface area contributed by atoms with Crippen LogP contribution in [-0.2, 0) is 16.0 Å². The van der Waals surface area contributed by atoms with Crippen molar-refractivity contribution in [3.05, 3.63) is 33.2 Å². The molecule has 1 aromatic heterocycles. The summed E-state index contributed by atoms with van der Waals surface area (Å²) in [6.07, 6.45) is 6.67. The number of aromatic nitrogens is 1. The Bertz CT molecular complexity index is 881. The molecular weight excluding hydrogens is 470 g/mol. The fraction of sp³-hybridized carbons (Fsp3) is 0.476. The summed E-state index contributed by atoms with van der Waals surface area (Å²) < 4.78 is 17.8. The Kier molecular flexibility index (Phi) is 8.50. The molecule has 1 aliphatic rings. The van der Waals surface area contributed by atoms with Crippen molar-refractivity contribution >= 4 is 44.6 Å². The fourth-order valence-electron chi connectivity index (χ4n) is 3.17. The van der Waals surface area contributed by atoms with Gasteiger partial charge in [-0.3, -0.25) is 10.2 Å². The lowest BCUT2D eigenvalue weighted by atomic mass is 10.2. The number of halogens is 1. The molecule has 1 aliphatic carbocycles. The van der Waals surface area contributed by atoms with Crippen LogP contribution >= 0.6 is 27.3 Å². The zero-order valence-electron chi connectivity index (χ0n) is 17.2. The minimum absolute atomic E-state index is 0.156. The van der Waals surface area contributed by atoms with Gasteiger partial charge in [0, 0.05) is 5.38 Å². The summed E-state index contributed by atoms with van der Waals surface area (Å²) in [5.41, 5.74) is 4.42. The Labute approximate surface area is 189 Å². The number of nitrogens with zero attached hydrogens (tertiary/aromatic N) is 2. The van der Waals surface area contributed by atoms with Gasteiger partial charge >= 0.3 is 5.97 Å². The molecule has 0 saturated heterocycles. The van der Waals surface area contributed by atoms with Crippen molar-refractivity contribution in [3.8, 4) is 11.5 Å². The number of anilines is 1. The van der Waals surface area contributed by atoms with E-state index in [2.05, 4.69) is 31.4 Å². The SMILES string of the molecule is CCOC(=O)Cc1csc(NN=Cc2cc(Br)c(OC3CCCC3)c(OCC)c2)n1. The Morgan fingerprint density at radius 3 is 2.87 bits per heavy atom. The molecule has 0 unspecified atom stereocenters. The number of hydrazone groups is 1. The topological polar surface area (TPSA) is 82.0 Å². The molecule has 3 rings (SSSR count). The van der Waals surface area contributed by atoms with Gasteiger partial charge in [-0.25, -0.2) is 4.98 Å². The monoisotopic (exact) mass is 495 g/mol. The van der Waals surface area contributed by atoms with Gasteiger partial charge in [-0.2, -0.15) is 5.10 Å². The first-order valence-corrected chi connectivity index (χ1v) is 11.8. The fourth-order valence-corrected chi connectivity index (χ4v) is 4.39. The third-order valence-corrected chi connectivity index (χ3v) is 5.86. The molecule has 0 aliphatic heterocycles. The molecule has 1 aromatic carbocycles. The predicted octanol–water partition coefficient (Wildman–Crippen LogP) is 5.18. The van der Waals surface area contributed by atoms with Gasteiger partial charge in [0.15, 0.2) is 11.5 Å². The van der Waals surface area contributed by atoms with Crippen molar-refractivity contribution in [1.82, 2.24) is 4.98 Å². The van der Waals surface area contributed by atoms with E-state index in [1.54, 1.807) is 13.1 Å². The number of thiazole rings is 1. The van der Waals surface area contributed by atoms with E-state index < -0.39 is 0 Å². The molecular formula is C21H26BrN3O4S. The van der Waals surface area contributed by atoms with Gasteiger partial charge in [0.1, 0.15) is 0 Å². The van der Waals surface area contributed by atoms with Crippen LogP contribution < -0.4 is 14.9 Å². The highest BCUT2D eigenvalue weighted by Crippen LogP contribution is 2.39. The van der Waals surface area contributed by atoms with Gasteiger partial charge in [-0.15, -0.1) is 11.3 Å². The molecule has 162 valence electrons. The van der Waals surface area contributed by atoms with E-state index in [1.807, 2.05) is 24.4 Å². The summed E-state index contributed by atoms with van der Waals surface area (Å²) in [6.45, 7) is 4.64. The largest absolute Gasteiger partial charge is 0.490 e.